The van der Waals surface area contributed by atoms with Crippen molar-refractivity contribution in [2.75, 3.05) is 13.1 Å². The zero-order valence-electron chi connectivity index (χ0n) is 9.04. The first-order valence-electron chi connectivity index (χ1n) is 4.93. The van der Waals surface area contributed by atoms with Crippen LogP contribution in [0.4, 0.5) is 13.2 Å². The van der Waals surface area contributed by atoms with Crippen LogP contribution in [0.1, 0.15) is 11.6 Å². The van der Waals surface area contributed by atoms with E-state index in [-0.39, 0.29) is 0 Å². The predicted molar refractivity (Wildman–Crippen MR) is 61.2 cm³/mol. The van der Waals surface area contributed by atoms with E-state index in [4.69, 9.17) is 9.90 Å². The number of hydrogen-bond donors (Lipinski definition) is 2. The molecule has 0 atom stereocenters. The summed E-state index contributed by atoms with van der Waals surface area (Å²) in [5.41, 5.74) is 1.20. The van der Waals surface area contributed by atoms with E-state index in [0.29, 0.717) is 5.92 Å². The van der Waals surface area contributed by atoms with Crippen LogP contribution < -0.4 is 5.32 Å². The van der Waals surface area contributed by atoms with Gasteiger partial charge in [0.25, 0.3) is 0 Å². The topological polar surface area (TPSA) is 62.2 Å². The Hall–Kier alpha value is -1.15. The molecular formula is C10H10BrF3N2O2. The summed E-state index contributed by atoms with van der Waals surface area (Å²) in [6.45, 7) is 2.16. The van der Waals surface area contributed by atoms with Gasteiger partial charge in [0.1, 0.15) is 0 Å². The van der Waals surface area contributed by atoms with Gasteiger partial charge < -0.3 is 10.4 Å². The number of halogens is 4. The van der Waals surface area contributed by atoms with Gasteiger partial charge in [-0.2, -0.15) is 13.2 Å². The van der Waals surface area contributed by atoms with Gasteiger partial charge in [-0.3, -0.25) is 4.98 Å². The molecule has 0 saturated carbocycles. The van der Waals surface area contributed by atoms with Crippen LogP contribution in [0.3, 0.4) is 0 Å². The van der Waals surface area contributed by atoms with Crippen molar-refractivity contribution in [1.29, 1.82) is 0 Å². The number of carbonyl (C=O) groups is 1. The Morgan fingerprint density at radius 1 is 1.44 bits per heavy atom. The Labute approximate surface area is 109 Å². The minimum absolute atomic E-state index is 0.642. The van der Waals surface area contributed by atoms with Crippen LogP contribution in [0.25, 0.3) is 0 Å². The van der Waals surface area contributed by atoms with Crippen LogP contribution >= 0.6 is 15.9 Å². The van der Waals surface area contributed by atoms with Crippen molar-refractivity contribution in [1.82, 2.24) is 10.3 Å². The third kappa shape index (κ3) is 4.61. The van der Waals surface area contributed by atoms with Crippen molar-refractivity contribution in [3.63, 3.8) is 0 Å². The maximum atomic E-state index is 10.6. The van der Waals surface area contributed by atoms with Crippen molar-refractivity contribution in [2.45, 2.75) is 12.1 Å². The van der Waals surface area contributed by atoms with E-state index in [1.807, 2.05) is 12.3 Å². The molecule has 18 heavy (non-hydrogen) atoms. The smallest absolute Gasteiger partial charge is 0.475 e. The van der Waals surface area contributed by atoms with Gasteiger partial charge in [-0.25, -0.2) is 4.79 Å². The highest BCUT2D eigenvalue weighted by Crippen LogP contribution is 2.18. The highest BCUT2D eigenvalue weighted by Gasteiger charge is 2.38. The number of nitrogens with one attached hydrogen (secondary N) is 1. The number of aromatic nitrogens is 1. The molecule has 2 rings (SSSR count). The minimum atomic E-state index is -5.08. The van der Waals surface area contributed by atoms with E-state index < -0.39 is 12.1 Å². The Balaban J connectivity index is 0.000000203. The van der Waals surface area contributed by atoms with E-state index >= 15 is 0 Å². The average molecular weight is 327 g/mol. The molecule has 1 fully saturated rings. The van der Waals surface area contributed by atoms with Crippen molar-refractivity contribution in [2.24, 2.45) is 0 Å². The van der Waals surface area contributed by atoms with E-state index in [9.17, 15) is 13.2 Å². The zero-order chi connectivity index (χ0) is 13.8. The van der Waals surface area contributed by atoms with Crippen LogP contribution in [0.15, 0.2) is 22.8 Å². The van der Waals surface area contributed by atoms with Gasteiger partial charge >= 0.3 is 12.1 Å². The normalized spacial score (nSPS) is 15.3. The third-order valence-corrected chi connectivity index (χ3v) is 2.66. The molecule has 0 aromatic carbocycles. The van der Waals surface area contributed by atoms with Crippen molar-refractivity contribution < 1.29 is 23.1 Å². The first-order valence-corrected chi connectivity index (χ1v) is 5.72. The number of aliphatic carboxylic acids is 1. The number of carboxylic acid groups (broad SMARTS) is 1. The standard InChI is InChI=1S/C8H9BrN2.C2HF3O2/c9-7-1-2-8(11-5-7)6-3-10-4-6;3-2(4,5)1(6)7/h1-2,5-6,10H,3-4H2;(H,6,7). The second-order valence-electron chi connectivity index (χ2n) is 3.56. The monoisotopic (exact) mass is 326 g/mol. The van der Waals surface area contributed by atoms with Crippen LogP contribution in [0.5, 0.6) is 0 Å². The number of hydrogen-bond acceptors (Lipinski definition) is 3. The maximum Gasteiger partial charge on any atom is 0.490 e. The Morgan fingerprint density at radius 3 is 2.28 bits per heavy atom. The van der Waals surface area contributed by atoms with Crippen molar-refractivity contribution in [3.8, 4) is 0 Å². The molecule has 1 saturated heterocycles. The van der Waals surface area contributed by atoms with Gasteiger partial charge in [0, 0.05) is 35.4 Å². The summed E-state index contributed by atoms with van der Waals surface area (Å²) in [6.07, 6.45) is -3.23. The number of nitrogens with zero attached hydrogens (tertiary/aromatic N) is 1. The van der Waals surface area contributed by atoms with Gasteiger partial charge in [0.15, 0.2) is 0 Å². The summed E-state index contributed by atoms with van der Waals surface area (Å²) in [6, 6.07) is 4.12. The molecular weight excluding hydrogens is 317 g/mol. The summed E-state index contributed by atoms with van der Waals surface area (Å²) in [5.74, 6) is -2.12. The highest BCUT2D eigenvalue weighted by molar-refractivity contribution is 9.10. The van der Waals surface area contributed by atoms with Crippen molar-refractivity contribution >= 4 is 21.9 Å². The first-order chi connectivity index (χ1) is 8.30. The average Bonchev–Trinajstić information content (AvgIpc) is 2.18. The summed E-state index contributed by atoms with van der Waals surface area (Å²) >= 11 is 3.36. The second kappa shape index (κ2) is 6.14. The number of alkyl halides is 3. The molecule has 2 N–H and O–H groups in total. The number of pyridine rings is 1. The molecule has 0 bridgehead atoms. The lowest BCUT2D eigenvalue weighted by molar-refractivity contribution is -0.192. The molecule has 1 aliphatic rings. The lowest BCUT2D eigenvalue weighted by Gasteiger charge is -2.26. The van der Waals surface area contributed by atoms with Gasteiger partial charge in [0.05, 0.1) is 0 Å². The van der Waals surface area contributed by atoms with Gasteiger partial charge in [-0.05, 0) is 28.1 Å². The maximum absolute atomic E-state index is 10.6. The molecule has 0 radical (unpaired) electrons. The fraction of sp³-hybridized carbons (Fsp3) is 0.400. The molecule has 8 heteroatoms. The largest absolute Gasteiger partial charge is 0.490 e. The quantitative estimate of drug-likeness (QED) is 0.830. The Bertz CT molecular complexity index is 405. The summed E-state index contributed by atoms with van der Waals surface area (Å²) in [5, 5.41) is 10.3. The van der Waals surface area contributed by atoms with Crippen LogP contribution in [0.2, 0.25) is 0 Å². The first kappa shape index (κ1) is 14.9. The molecule has 2 heterocycles. The van der Waals surface area contributed by atoms with Gasteiger partial charge in [0.2, 0.25) is 0 Å². The molecule has 0 spiro atoms. The molecule has 1 aromatic rings. The predicted octanol–water partition coefficient (Wildman–Crippen LogP) is 2.16. The molecule has 0 amide bonds. The van der Waals surface area contributed by atoms with Crippen LogP contribution in [0, 0.1) is 0 Å². The lowest BCUT2D eigenvalue weighted by Crippen LogP contribution is -2.40. The summed E-state index contributed by atoms with van der Waals surface area (Å²) in [7, 11) is 0. The highest BCUT2D eigenvalue weighted by atomic mass is 79.9. The molecule has 100 valence electrons. The Kier molecular flexibility index (Phi) is 5.09. The molecule has 4 nitrogen and oxygen atoms in total. The number of carboxylic acids is 1. The second-order valence-corrected chi connectivity index (χ2v) is 4.48. The molecule has 0 unspecified atom stereocenters. The third-order valence-electron chi connectivity index (χ3n) is 2.19. The van der Waals surface area contributed by atoms with Crippen molar-refractivity contribution in [3.05, 3.63) is 28.5 Å². The van der Waals surface area contributed by atoms with E-state index in [1.165, 1.54) is 5.69 Å². The van der Waals surface area contributed by atoms with Gasteiger partial charge in [-0.15, -0.1) is 0 Å². The summed E-state index contributed by atoms with van der Waals surface area (Å²) in [4.78, 5) is 13.2. The van der Waals surface area contributed by atoms with E-state index in [0.717, 1.165) is 17.6 Å². The van der Waals surface area contributed by atoms with E-state index in [1.54, 1.807) is 0 Å². The molecule has 0 aliphatic carbocycles. The summed E-state index contributed by atoms with van der Waals surface area (Å²) < 4.78 is 32.8. The van der Waals surface area contributed by atoms with Crippen LogP contribution in [-0.2, 0) is 4.79 Å². The fourth-order valence-corrected chi connectivity index (χ4v) is 1.36. The fourth-order valence-electron chi connectivity index (χ4n) is 1.13. The number of rotatable bonds is 1. The lowest BCUT2D eigenvalue weighted by atomic mass is 9.99. The van der Waals surface area contributed by atoms with Gasteiger partial charge in [-0.1, -0.05) is 0 Å². The molecule has 1 aromatic heterocycles. The Morgan fingerprint density at radius 2 is 2.00 bits per heavy atom. The van der Waals surface area contributed by atoms with E-state index in [2.05, 4.69) is 32.3 Å². The van der Waals surface area contributed by atoms with Crippen LogP contribution in [-0.4, -0.2) is 35.3 Å². The minimum Gasteiger partial charge on any atom is -0.475 e. The zero-order valence-corrected chi connectivity index (χ0v) is 10.6. The SMILES string of the molecule is Brc1ccc(C2CNC2)nc1.O=C(O)C(F)(F)F. The molecule has 1 aliphatic heterocycles.